The first-order valence-corrected chi connectivity index (χ1v) is 9.13. The second kappa shape index (κ2) is 7.56. The molecule has 0 bridgehead atoms. The molecule has 5 nitrogen and oxygen atoms in total. The Morgan fingerprint density at radius 1 is 1.18 bits per heavy atom. The second-order valence-electron chi connectivity index (χ2n) is 6.38. The fourth-order valence-corrected chi connectivity index (χ4v) is 3.17. The van der Waals surface area contributed by atoms with Crippen LogP contribution in [0.4, 0.5) is 13.2 Å². The monoisotopic (exact) mass is 456 g/mol. The average Bonchev–Trinajstić information content (AvgIpc) is 3.00. The summed E-state index contributed by atoms with van der Waals surface area (Å²) in [6, 6.07) is 12.6. The van der Waals surface area contributed by atoms with Gasteiger partial charge in [0, 0.05) is 10.9 Å². The van der Waals surface area contributed by atoms with Gasteiger partial charge in [0.2, 0.25) is 5.91 Å². The first-order chi connectivity index (χ1) is 13.1. The molecule has 9 heteroatoms. The molecule has 0 radical (unpaired) electrons. The highest BCUT2D eigenvalue weighted by Crippen LogP contribution is 2.41. The second-order valence-corrected chi connectivity index (χ2v) is 7.29. The summed E-state index contributed by atoms with van der Waals surface area (Å²) in [7, 11) is 0. The number of phenols is 1. The zero-order valence-electron chi connectivity index (χ0n) is 14.4. The Kier molecular flexibility index (Phi) is 5.49. The van der Waals surface area contributed by atoms with Crippen LogP contribution in [0.3, 0.4) is 0 Å². The van der Waals surface area contributed by atoms with Gasteiger partial charge in [0.15, 0.2) is 0 Å². The van der Waals surface area contributed by atoms with Crippen LogP contribution < -0.4 is 0 Å². The lowest BCUT2D eigenvalue weighted by Crippen LogP contribution is -2.56. The lowest BCUT2D eigenvalue weighted by atomic mass is 10.0. The summed E-state index contributed by atoms with van der Waals surface area (Å²) in [5.74, 6) is -1.04. The maximum absolute atomic E-state index is 13.6. The molecule has 1 amide bonds. The van der Waals surface area contributed by atoms with E-state index < -0.39 is 24.2 Å². The number of hydrogen-bond acceptors (Lipinski definition) is 4. The van der Waals surface area contributed by atoms with Gasteiger partial charge in [0.1, 0.15) is 5.75 Å². The van der Waals surface area contributed by atoms with Crippen LogP contribution in [-0.2, 0) is 11.2 Å². The van der Waals surface area contributed by atoms with Crippen LogP contribution in [0.25, 0.3) is 0 Å². The molecule has 0 aliphatic carbocycles. The minimum Gasteiger partial charge on any atom is -0.508 e. The molecule has 2 aromatic rings. The summed E-state index contributed by atoms with van der Waals surface area (Å²) in [6.45, 7) is 0. The maximum Gasteiger partial charge on any atom is 0.438 e. The molecule has 0 aromatic heterocycles. The van der Waals surface area contributed by atoms with Gasteiger partial charge in [-0.05, 0) is 35.7 Å². The minimum atomic E-state index is -5.09. The molecule has 3 rings (SSSR count). The SMILES string of the molecule is O=C(CCc1ccccc1O)N1N=C(c2ccc(Br)cc2)C[C@@]1(O)C(F)(F)F. The molecule has 1 aliphatic heterocycles. The number of aliphatic hydroxyl groups is 1. The number of amides is 1. The fraction of sp³-hybridized carbons (Fsp3) is 0.263. The predicted molar refractivity (Wildman–Crippen MR) is 99.6 cm³/mol. The Morgan fingerprint density at radius 3 is 2.43 bits per heavy atom. The van der Waals surface area contributed by atoms with E-state index in [-0.39, 0.29) is 29.3 Å². The van der Waals surface area contributed by atoms with Crippen LogP contribution in [0.1, 0.15) is 24.0 Å². The van der Waals surface area contributed by atoms with Crippen LogP contribution in [0.5, 0.6) is 5.75 Å². The normalized spacial score (nSPS) is 19.6. The maximum atomic E-state index is 13.6. The topological polar surface area (TPSA) is 73.1 Å². The number of aromatic hydroxyl groups is 1. The van der Waals surface area contributed by atoms with Crippen molar-refractivity contribution in [3.8, 4) is 5.75 Å². The van der Waals surface area contributed by atoms with Crippen molar-refractivity contribution in [2.45, 2.75) is 31.2 Å². The Bertz CT molecular complexity index is 915. The van der Waals surface area contributed by atoms with Crippen LogP contribution in [0.15, 0.2) is 58.1 Å². The Balaban J connectivity index is 1.86. The summed E-state index contributed by atoms with van der Waals surface area (Å²) in [5, 5.41) is 24.0. The van der Waals surface area contributed by atoms with Crippen molar-refractivity contribution in [2.75, 3.05) is 0 Å². The Morgan fingerprint density at radius 2 is 1.82 bits per heavy atom. The molecule has 1 atom stereocenters. The van der Waals surface area contributed by atoms with Gasteiger partial charge >= 0.3 is 6.18 Å². The highest BCUT2D eigenvalue weighted by atomic mass is 79.9. The highest BCUT2D eigenvalue weighted by molar-refractivity contribution is 9.10. The summed E-state index contributed by atoms with van der Waals surface area (Å²) >= 11 is 3.24. The number of halogens is 4. The zero-order valence-corrected chi connectivity index (χ0v) is 16.0. The molecule has 0 fully saturated rings. The van der Waals surface area contributed by atoms with E-state index in [0.29, 0.717) is 11.1 Å². The molecule has 2 aromatic carbocycles. The molecule has 148 valence electrons. The van der Waals surface area contributed by atoms with Crippen molar-refractivity contribution in [3.63, 3.8) is 0 Å². The van der Waals surface area contributed by atoms with Crippen molar-refractivity contribution in [2.24, 2.45) is 5.10 Å². The number of aryl methyl sites for hydroxylation is 1. The third kappa shape index (κ3) is 3.90. The third-order valence-corrected chi connectivity index (χ3v) is 4.98. The molecule has 1 heterocycles. The van der Waals surface area contributed by atoms with Crippen molar-refractivity contribution < 1.29 is 28.2 Å². The lowest BCUT2D eigenvalue weighted by molar-refractivity contribution is -0.302. The molecule has 0 spiro atoms. The van der Waals surface area contributed by atoms with E-state index in [2.05, 4.69) is 21.0 Å². The number of phenolic OH excluding ortho intramolecular Hbond substituents is 1. The van der Waals surface area contributed by atoms with Crippen molar-refractivity contribution in [1.29, 1.82) is 0 Å². The number of hydrogen-bond donors (Lipinski definition) is 2. The predicted octanol–water partition coefficient (Wildman–Crippen LogP) is 3.97. The average molecular weight is 457 g/mol. The van der Waals surface area contributed by atoms with E-state index in [1.165, 1.54) is 6.07 Å². The largest absolute Gasteiger partial charge is 0.508 e. The van der Waals surface area contributed by atoms with Crippen LogP contribution >= 0.6 is 15.9 Å². The zero-order chi connectivity index (χ0) is 20.5. The molecule has 0 saturated carbocycles. The smallest absolute Gasteiger partial charge is 0.438 e. The van der Waals surface area contributed by atoms with Crippen molar-refractivity contribution >= 4 is 27.5 Å². The number of carbonyl (C=O) groups excluding carboxylic acids is 1. The summed E-state index contributed by atoms with van der Waals surface area (Å²) < 4.78 is 41.4. The van der Waals surface area contributed by atoms with E-state index in [0.717, 1.165) is 4.47 Å². The van der Waals surface area contributed by atoms with Gasteiger partial charge in [-0.1, -0.05) is 46.3 Å². The molecule has 0 saturated heterocycles. The van der Waals surface area contributed by atoms with Gasteiger partial charge in [-0.25, -0.2) is 0 Å². The number of alkyl halides is 3. The Hall–Kier alpha value is -2.39. The molecular formula is C19H16BrF3N2O3. The summed E-state index contributed by atoms with van der Waals surface area (Å²) in [4.78, 5) is 12.5. The number of rotatable bonds is 4. The first-order valence-electron chi connectivity index (χ1n) is 8.34. The van der Waals surface area contributed by atoms with Crippen molar-refractivity contribution in [3.05, 3.63) is 64.1 Å². The van der Waals surface area contributed by atoms with Gasteiger partial charge < -0.3 is 10.2 Å². The minimum absolute atomic E-state index is 0.0130. The van der Waals surface area contributed by atoms with Crippen molar-refractivity contribution in [1.82, 2.24) is 5.01 Å². The highest BCUT2D eigenvalue weighted by Gasteiger charge is 2.63. The Labute approximate surface area is 167 Å². The molecule has 1 aliphatic rings. The molecule has 0 unspecified atom stereocenters. The number of nitrogens with zero attached hydrogens (tertiary/aromatic N) is 2. The van der Waals surface area contributed by atoms with E-state index in [4.69, 9.17) is 0 Å². The van der Waals surface area contributed by atoms with Crippen LogP contribution in [0.2, 0.25) is 0 Å². The van der Waals surface area contributed by atoms with E-state index in [1.54, 1.807) is 42.5 Å². The van der Waals surface area contributed by atoms with Gasteiger partial charge in [-0.15, -0.1) is 0 Å². The van der Waals surface area contributed by atoms with Crippen LogP contribution in [-0.4, -0.2) is 38.7 Å². The number of benzene rings is 2. The van der Waals surface area contributed by atoms with E-state index in [1.807, 2.05) is 0 Å². The van der Waals surface area contributed by atoms with E-state index in [9.17, 15) is 28.2 Å². The summed E-state index contributed by atoms with van der Waals surface area (Å²) in [6.07, 6.45) is -6.29. The molecular weight excluding hydrogens is 441 g/mol. The quantitative estimate of drug-likeness (QED) is 0.730. The van der Waals surface area contributed by atoms with Gasteiger partial charge in [-0.2, -0.15) is 23.3 Å². The van der Waals surface area contributed by atoms with Gasteiger partial charge in [0.25, 0.3) is 5.72 Å². The lowest BCUT2D eigenvalue weighted by Gasteiger charge is -2.32. The third-order valence-electron chi connectivity index (χ3n) is 4.45. The van der Waals surface area contributed by atoms with E-state index >= 15 is 0 Å². The fourth-order valence-electron chi connectivity index (χ4n) is 2.90. The van der Waals surface area contributed by atoms with Gasteiger partial charge in [-0.3, -0.25) is 4.79 Å². The standard InChI is InChI=1S/C19H16BrF3N2O3/c20-14-8-5-12(6-9-14)15-11-18(28,19(21,22)23)25(24-15)17(27)10-7-13-3-1-2-4-16(13)26/h1-6,8-9,26,28H,7,10-11H2/t18-/m1/s1. The summed E-state index contributed by atoms with van der Waals surface area (Å²) in [5.41, 5.74) is -2.65. The molecule has 28 heavy (non-hydrogen) atoms. The van der Waals surface area contributed by atoms with Gasteiger partial charge in [0.05, 0.1) is 12.1 Å². The van der Waals surface area contributed by atoms with Crippen LogP contribution in [0, 0.1) is 0 Å². The number of hydrazone groups is 1. The first kappa shape index (κ1) is 20.3. The molecule has 2 N–H and O–H groups in total. The number of carbonyl (C=O) groups is 1. The number of para-hydroxylation sites is 1.